The Kier molecular flexibility index (Phi) is 4.23. The third-order valence-corrected chi connectivity index (χ3v) is 1.22. The summed E-state index contributed by atoms with van der Waals surface area (Å²) in [5.74, 6) is -0.371. The van der Waals surface area contributed by atoms with Crippen molar-refractivity contribution in [2.45, 2.75) is 19.9 Å². The summed E-state index contributed by atoms with van der Waals surface area (Å²) >= 11 is 0. The molecule has 4 nitrogen and oxygen atoms in total. The molecule has 0 aliphatic rings. The van der Waals surface area contributed by atoms with Gasteiger partial charge in [-0.15, -0.1) is 0 Å². The third kappa shape index (κ3) is 4.34. The summed E-state index contributed by atoms with van der Waals surface area (Å²) in [6.07, 6.45) is 0. The highest BCUT2D eigenvalue weighted by atomic mass is 16.2. The number of carbonyl (C=O) groups excluding carboxylic acids is 1. The maximum Gasteiger partial charge on any atom is 0.236 e. The standard InChI is InChI=1S/C7H13N3O/c1-5(3-8)4-10-7(11)6(2)9/h5-6H,4,9H2,1-2H3,(H,10,11)/t5?,6-/m1/s1. The summed E-state index contributed by atoms with van der Waals surface area (Å²) in [5.41, 5.74) is 5.27. The number of amides is 1. The van der Waals surface area contributed by atoms with Crippen molar-refractivity contribution in [3.63, 3.8) is 0 Å². The van der Waals surface area contributed by atoms with E-state index in [9.17, 15) is 4.79 Å². The second kappa shape index (κ2) is 4.69. The summed E-state index contributed by atoms with van der Waals surface area (Å²) in [7, 11) is 0. The monoisotopic (exact) mass is 155 g/mol. The van der Waals surface area contributed by atoms with Crippen molar-refractivity contribution in [3.05, 3.63) is 0 Å². The molecule has 62 valence electrons. The van der Waals surface area contributed by atoms with E-state index in [4.69, 9.17) is 11.0 Å². The van der Waals surface area contributed by atoms with Gasteiger partial charge in [-0.3, -0.25) is 4.79 Å². The highest BCUT2D eigenvalue weighted by molar-refractivity contribution is 5.80. The Morgan fingerprint density at radius 3 is 2.64 bits per heavy atom. The molecule has 0 aromatic heterocycles. The van der Waals surface area contributed by atoms with Crippen molar-refractivity contribution < 1.29 is 4.79 Å². The van der Waals surface area contributed by atoms with E-state index in [1.165, 1.54) is 0 Å². The lowest BCUT2D eigenvalue weighted by atomic mass is 10.2. The number of rotatable bonds is 3. The summed E-state index contributed by atoms with van der Waals surface area (Å²) in [5, 5.41) is 10.9. The molecule has 0 saturated carbocycles. The molecule has 0 aliphatic heterocycles. The quantitative estimate of drug-likeness (QED) is 0.582. The number of nitrogens with one attached hydrogen (secondary N) is 1. The van der Waals surface area contributed by atoms with Crippen molar-refractivity contribution in [1.82, 2.24) is 5.32 Å². The minimum absolute atomic E-state index is 0.155. The van der Waals surface area contributed by atoms with Gasteiger partial charge in [0.05, 0.1) is 18.0 Å². The average Bonchev–Trinajstić information content (AvgIpc) is 1.99. The first kappa shape index (κ1) is 9.92. The SMILES string of the molecule is CC(C#N)CNC(=O)[C@@H](C)N. The molecule has 1 unspecified atom stereocenters. The fourth-order valence-corrected chi connectivity index (χ4v) is 0.460. The van der Waals surface area contributed by atoms with Crippen molar-refractivity contribution in [2.75, 3.05) is 6.54 Å². The first-order chi connectivity index (χ1) is 5.07. The van der Waals surface area contributed by atoms with Crippen LogP contribution in [0.25, 0.3) is 0 Å². The van der Waals surface area contributed by atoms with E-state index < -0.39 is 6.04 Å². The normalized spacial score (nSPS) is 14.7. The van der Waals surface area contributed by atoms with Crippen molar-refractivity contribution in [2.24, 2.45) is 11.7 Å². The van der Waals surface area contributed by atoms with Gasteiger partial charge in [0.1, 0.15) is 0 Å². The molecule has 0 saturated heterocycles. The predicted octanol–water partition coefficient (Wildman–Crippen LogP) is -0.391. The molecule has 3 N–H and O–H groups in total. The van der Waals surface area contributed by atoms with E-state index in [0.29, 0.717) is 6.54 Å². The van der Waals surface area contributed by atoms with Gasteiger partial charge < -0.3 is 11.1 Å². The average molecular weight is 155 g/mol. The molecule has 0 spiro atoms. The van der Waals surface area contributed by atoms with Crippen LogP contribution in [0.2, 0.25) is 0 Å². The lowest BCUT2D eigenvalue weighted by Crippen LogP contribution is -2.39. The van der Waals surface area contributed by atoms with Crippen LogP contribution in [-0.2, 0) is 4.79 Å². The molecule has 0 radical (unpaired) electrons. The van der Waals surface area contributed by atoms with Crippen LogP contribution in [0, 0.1) is 17.2 Å². The molecular formula is C7H13N3O. The van der Waals surface area contributed by atoms with Gasteiger partial charge in [0, 0.05) is 6.54 Å². The van der Waals surface area contributed by atoms with E-state index in [-0.39, 0.29) is 11.8 Å². The largest absolute Gasteiger partial charge is 0.353 e. The first-order valence-electron chi connectivity index (χ1n) is 3.50. The molecule has 2 atom stereocenters. The van der Waals surface area contributed by atoms with Crippen LogP contribution >= 0.6 is 0 Å². The van der Waals surface area contributed by atoms with E-state index in [1.807, 2.05) is 6.07 Å². The van der Waals surface area contributed by atoms with Crippen LogP contribution < -0.4 is 11.1 Å². The number of nitrogens with zero attached hydrogens (tertiary/aromatic N) is 1. The third-order valence-electron chi connectivity index (χ3n) is 1.22. The molecule has 0 rings (SSSR count). The van der Waals surface area contributed by atoms with E-state index >= 15 is 0 Å². The fraction of sp³-hybridized carbons (Fsp3) is 0.714. The molecule has 11 heavy (non-hydrogen) atoms. The molecule has 0 heterocycles. The second-order valence-electron chi connectivity index (χ2n) is 2.56. The van der Waals surface area contributed by atoms with E-state index in [1.54, 1.807) is 13.8 Å². The van der Waals surface area contributed by atoms with Gasteiger partial charge in [-0.05, 0) is 13.8 Å². The smallest absolute Gasteiger partial charge is 0.236 e. The van der Waals surface area contributed by atoms with Gasteiger partial charge in [0.15, 0.2) is 0 Å². The van der Waals surface area contributed by atoms with Crippen LogP contribution in [0.5, 0.6) is 0 Å². The second-order valence-corrected chi connectivity index (χ2v) is 2.56. The summed E-state index contributed by atoms with van der Waals surface area (Å²) in [4.78, 5) is 10.8. The Balaban J connectivity index is 3.56. The minimum atomic E-state index is -0.499. The van der Waals surface area contributed by atoms with Crippen LogP contribution in [0.1, 0.15) is 13.8 Å². The Morgan fingerprint density at radius 1 is 1.73 bits per heavy atom. The van der Waals surface area contributed by atoms with Crippen LogP contribution in [0.4, 0.5) is 0 Å². The summed E-state index contributed by atoms with van der Waals surface area (Å²) in [6.45, 7) is 3.71. The Morgan fingerprint density at radius 2 is 2.27 bits per heavy atom. The zero-order chi connectivity index (χ0) is 8.85. The van der Waals surface area contributed by atoms with Crippen molar-refractivity contribution in [3.8, 4) is 6.07 Å². The fourth-order valence-electron chi connectivity index (χ4n) is 0.460. The van der Waals surface area contributed by atoms with Crippen LogP contribution in [-0.4, -0.2) is 18.5 Å². The number of carbonyl (C=O) groups is 1. The predicted molar refractivity (Wildman–Crippen MR) is 41.4 cm³/mol. The molecule has 0 bridgehead atoms. The first-order valence-corrected chi connectivity index (χ1v) is 3.50. The summed E-state index contributed by atoms with van der Waals surface area (Å²) in [6, 6.07) is 1.50. The molecule has 1 amide bonds. The maximum absolute atomic E-state index is 10.8. The minimum Gasteiger partial charge on any atom is -0.353 e. The Labute approximate surface area is 66.4 Å². The van der Waals surface area contributed by atoms with E-state index in [2.05, 4.69) is 5.32 Å². The number of hydrogen-bond acceptors (Lipinski definition) is 3. The zero-order valence-corrected chi connectivity index (χ0v) is 6.79. The van der Waals surface area contributed by atoms with Crippen LogP contribution in [0.15, 0.2) is 0 Å². The van der Waals surface area contributed by atoms with Gasteiger partial charge in [0.25, 0.3) is 0 Å². The zero-order valence-electron chi connectivity index (χ0n) is 6.79. The van der Waals surface area contributed by atoms with Crippen molar-refractivity contribution in [1.29, 1.82) is 5.26 Å². The van der Waals surface area contributed by atoms with Gasteiger partial charge in [-0.1, -0.05) is 0 Å². The molecule has 0 aromatic rings. The Hall–Kier alpha value is -1.08. The van der Waals surface area contributed by atoms with Gasteiger partial charge >= 0.3 is 0 Å². The molecule has 4 heteroatoms. The molecule has 0 fully saturated rings. The lowest BCUT2D eigenvalue weighted by molar-refractivity contribution is -0.122. The van der Waals surface area contributed by atoms with Crippen molar-refractivity contribution >= 4 is 5.91 Å². The van der Waals surface area contributed by atoms with Gasteiger partial charge in [-0.25, -0.2) is 0 Å². The van der Waals surface area contributed by atoms with Gasteiger partial charge in [0.2, 0.25) is 5.91 Å². The number of nitriles is 1. The number of hydrogen-bond donors (Lipinski definition) is 2. The summed E-state index contributed by atoms with van der Waals surface area (Å²) < 4.78 is 0. The highest BCUT2D eigenvalue weighted by Gasteiger charge is 2.07. The van der Waals surface area contributed by atoms with Crippen LogP contribution in [0.3, 0.4) is 0 Å². The maximum atomic E-state index is 10.8. The molecular weight excluding hydrogens is 142 g/mol. The lowest BCUT2D eigenvalue weighted by Gasteiger charge is -2.07. The van der Waals surface area contributed by atoms with Gasteiger partial charge in [-0.2, -0.15) is 5.26 Å². The highest BCUT2D eigenvalue weighted by Crippen LogP contribution is 1.87. The molecule has 0 aromatic carbocycles. The number of nitrogens with two attached hydrogens (primary N) is 1. The topological polar surface area (TPSA) is 78.9 Å². The van der Waals surface area contributed by atoms with E-state index in [0.717, 1.165) is 0 Å². The Bertz CT molecular complexity index is 171. The molecule has 0 aliphatic carbocycles.